The number of hydrogen-bond acceptors (Lipinski definition) is 3. The molecule has 4 nitrogen and oxygen atoms in total. The molecule has 3 fully saturated rings. The highest BCUT2D eigenvalue weighted by molar-refractivity contribution is 6.09. The Morgan fingerprint density at radius 3 is 2.54 bits per heavy atom. The Morgan fingerprint density at radius 2 is 1.86 bits per heavy atom. The lowest BCUT2D eigenvalue weighted by atomic mass is 9.50. The molecule has 0 bridgehead atoms. The summed E-state index contributed by atoms with van der Waals surface area (Å²) in [6.07, 6.45) is 9.78. The molecule has 1 amide bonds. The van der Waals surface area contributed by atoms with E-state index in [-0.39, 0.29) is 22.6 Å². The van der Waals surface area contributed by atoms with E-state index in [0.717, 1.165) is 24.6 Å². The van der Waals surface area contributed by atoms with Crippen LogP contribution in [0, 0.1) is 28.6 Å². The van der Waals surface area contributed by atoms with Gasteiger partial charge in [-0.1, -0.05) is 13.3 Å². The molecular formula is C24H36N2O2. The summed E-state index contributed by atoms with van der Waals surface area (Å²) >= 11 is 0. The fourth-order valence-electron chi connectivity index (χ4n) is 7.03. The molecule has 4 rings (SSSR count). The van der Waals surface area contributed by atoms with Crippen LogP contribution in [0.2, 0.25) is 0 Å². The highest BCUT2D eigenvalue weighted by Crippen LogP contribution is 2.64. The second-order valence-electron chi connectivity index (χ2n) is 11.2. The van der Waals surface area contributed by atoms with Crippen LogP contribution in [-0.4, -0.2) is 35.7 Å². The van der Waals surface area contributed by atoms with Crippen LogP contribution in [0.3, 0.4) is 0 Å². The number of nitrogens with one attached hydrogen (secondary N) is 1. The van der Waals surface area contributed by atoms with E-state index in [1.165, 1.54) is 25.7 Å². The van der Waals surface area contributed by atoms with Crippen LogP contribution in [0.4, 0.5) is 0 Å². The van der Waals surface area contributed by atoms with Gasteiger partial charge in [0.25, 0.3) is 0 Å². The van der Waals surface area contributed by atoms with Gasteiger partial charge in [0.05, 0.1) is 0 Å². The molecule has 1 aliphatic heterocycles. The topological polar surface area (TPSA) is 49.4 Å². The number of carbonyl (C=O) groups excluding carboxylic acids is 2. The van der Waals surface area contributed by atoms with Crippen LogP contribution in [-0.2, 0) is 9.59 Å². The number of hydrogen-bond donors (Lipinski definition) is 1. The molecule has 0 spiro atoms. The minimum atomic E-state index is -0.384. The molecule has 3 aliphatic carbocycles. The maximum absolute atomic E-state index is 13.3. The van der Waals surface area contributed by atoms with Gasteiger partial charge < -0.3 is 10.2 Å². The monoisotopic (exact) mass is 384 g/mol. The summed E-state index contributed by atoms with van der Waals surface area (Å²) in [5.74, 6) is 1.61. The van der Waals surface area contributed by atoms with Crippen LogP contribution in [0.1, 0.15) is 66.7 Å². The molecule has 0 aromatic rings. The van der Waals surface area contributed by atoms with Gasteiger partial charge in [0, 0.05) is 41.9 Å². The van der Waals surface area contributed by atoms with Gasteiger partial charge in [0.2, 0.25) is 5.91 Å². The van der Waals surface area contributed by atoms with Crippen molar-refractivity contribution < 1.29 is 9.59 Å². The molecule has 4 aliphatic rings. The van der Waals surface area contributed by atoms with Crippen molar-refractivity contribution in [3.8, 4) is 0 Å². The van der Waals surface area contributed by atoms with Crippen LogP contribution in [0.5, 0.6) is 0 Å². The van der Waals surface area contributed by atoms with E-state index >= 15 is 0 Å². The average molecular weight is 385 g/mol. The van der Waals surface area contributed by atoms with E-state index in [1.54, 1.807) is 12.2 Å². The molecule has 154 valence electrons. The van der Waals surface area contributed by atoms with Crippen LogP contribution in [0.25, 0.3) is 0 Å². The minimum Gasteiger partial charge on any atom is -0.377 e. The smallest absolute Gasteiger partial charge is 0.248 e. The van der Waals surface area contributed by atoms with E-state index in [0.29, 0.717) is 22.8 Å². The summed E-state index contributed by atoms with van der Waals surface area (Å²) in [6, 6.07) is 0. The first-order chi connectivity index (χ1) is 13.0. The van der Waals surface area contributed by atoms with Crippen LogP contribution >= 0.6 is 0 Å². The lowest BCUT2D eigenvalue weighted by molar-refractivity contribution is -0.123. The van der Waals surface area contributed by atoms with Crippen molar-refractivity contribution in [3.63, 3.8) is 0 Å². The molecule has 28 heavy (non-hydrogen) atoms. The number of rotatable bonds is 1. The predicted molar refractivity (Wildman–Crippen MR) is 111 cm³/mol. The van der Waals surface area contributed by atoms with E-state index < -0.39 is 0 Å². The normalized spacial score (nSPS) is 40.1. The van der Waals surface area contributed by atoms with Crippen molar-refractivity contribution in [2.24, 2.45) is 28.6 Å². The molecule has 0 radical (unpaired) electrons. The number of ketones is 1. The first kappa shape index (κ1) is 19.7. The Balaban J connectivity index is 1.77. The fourth-order valence-corrected chi connectivity index (χ4v) is 7.03. The van der Waals surface area contributed by atoms with Gasteiger partial charge >= 0.3 is 0 Å². The quantitative estimate of drug-likeness (QED) is 0.741. The highest BCUT2D eigenvalue weighted by Gasteiger charge is 2.59. The third-order valence-corrected chi connectivity index (χ3v) is 8.25. The van der Waals surface area contributed by atoms with Gasteiger partial charge in [-0.3, -0.25) is 9.59 Å². The predicted octanol–water partition coefficient (Wildman–Crippen LogP) is 4.08. The van der Waals surface area contributed by atoms with Crippen molar-refractivity contribution in [2.75, 3.05) is 13.6 Å². The highest BCUT2D eigenvalue weighted by atomic mass is 16.2. The zero-order valence-corrected chi connectivity index (χ0v) is 18.4. The largest absolute Gasteiger partial charge is 0.377 e. The number of carbonyl (C=O) groups is 2. The Bertz CT molecular complexity index is 774. The fraction of sp³-hybridized carbons (Fsp3) is 0.750. The maximum atomic E-state index is 13.3. The van der Waals surface area contributed by atoms with Crippen molar-refractivity contribution >= 4 is 11.7 Å². The summed E-state index contributed by atoms with van der Waals surface area (Å²) < 4.78 is 0. The Labute approximate surface area is 169 Å². The summed E-state index contributed by atoms with van der Waals surface area (Å²) in [5.41, 5.74) is 1.47. The molecule has 0 aromatic carbocycles. The molecule has 1 N–H and O–H groups in total. The molecule has 0 unspecified atom stereocenters. The maximum Gasteiger partial charge on any atom is 0.248 e. The van der Waals surface area contributed by atoms with Gasteiger partial charge in [-0.25, -0.2) is 0 Å². The average Bonchev–Trinajstić information content (AvgIpc) is 2.96. The summed E-state index contributed by atoms with van der Waals surface area (Å²) in [4.78, 5) is 28.1. The third-order valence-electron chi connectivity index (χ3n) is 8.25. The first-order valence-corrected chi connectivity index (χ1v) is 11.0. The molecule has 0 aromatic heterocycles. The number of fused-ring (bicyclic) bond motifs is 5. The van der Waals surface area contributed by atoms with Crippen LogP contribution in [0.15, 0.2) is 23.4 Å². The Hall–Kier alpha value is -1.58. The molecule has 2 saturated carbocycles. The van der Waals surface area contributed by atoms with Gasteiger partial charge in [-0.2, -0.15) is 0 Å². The molecular weight excluding hydrogens is 348 g/mol. The van der Waals surface area contributed by atoms with Gasteiger partial charge in [-0.05, 0) is 82.6 Å². The van der Waals surface area contributed by atoms with E-state index in [2.05, 4.69) is 31.1 Å². The Morgan fingerprint density at radius 1 is 1.14 bits per heavy atom. The number of likely N-dealkylation sites (tertiary alicyclic amines) is 1. The first-order valence-electron chi connectivity index (χ1n) is 11.0. The zero-order valence-electron chi connectivity index (χ0n) is 18.4. The van der Waals surface area contributed by atoms with Crippen molar-refractivity contribution in [1.29, 1.82) is 0 Å². The number of nitrogens with zero attached hydrogens (tertiary/aromatic N) is 1. The summed E-state index contributed by atoms with van der Waals surface area (Å²) in [6.45, 7) is 11.7. The van der Waals surface area contributed by atoms with Crippen molar-refractivity contribution in [2.45, 2.75) is 72.3 Å². The molecule has 1 saturated heterocycles. The van der Waals surface area contributed by atoms with E-state index in [9.17, 15) is 9.59 Å². The van der Waals surface area contributed by atoms with E-state index in [4.69, 9.17) is 0 Å². The minimum absolute atomic E-state index is 0.0571. The number of piperidine rings is 1. The lowest BCUT2D eigenvalue weighted by Gasteiger charge is -2.59. The second kappa shape index (κ2) is 6.21. The SMILES string of the molecule is CN1C[C@H]2[C@@H]3CCC[C@@]3(C)CC[C@@H]2[C@@]2(C)C(C(=O)NC(C)(C)C)=CC(=O)C=C12. The molecule has 5 atom stereocenters. The van der Waals surface area contributed by atoms with E-state index in [1.807, 2.05) is 20.8 Å². The van der Waals surface area contributed by atoms with Gasteiger partial charge in [-0.15, -0.1) is 0 Å². The molecule has 4 heteroatoms. The Kier molecular flexibility index (Phi) is 4.37. The molecule has 1 heterocycles. The van der Waals surface area contributed by atoms with Crippen molar-refractivity contribution in [1.82, 2.24) is 10.2 Å². The standard InChI is InChI=1S/C24H36N2O2/c1-22(2,3)25-21(28)19-12-15(27)13-20-24(19,5)18-9-11-23(4)10-7-8-17(23)16(18)14-26(20)6/h12-13,16-18H,7-11,14H2,1-6H3,(H,25,28)/t16-,17-,18-,23-,24-/m0/s1. The van der Waals surface area contributed by atoms with Gasteiger partial charge in [0.1, 0.15) is 0 Å². The third kappa shape index (κ3) is 2.86. The second-order valence-corrected chi connectivity index (χ2v) is 11.2. The summed E-state index contributed by atoms with van der Waals surface area (Å²) in [7, 11) is 2.11. The lowest BCUT2D eigenvalue weighted by Crippen LogP contribution is -2.58. The summed E-state index contributed by atoms with van der Waals surface area (Å²) in [5, 5.41) is 3.13. The number of amides is 1. The van der Waals surface area contributed by atoms with Crippen LogP contribution < -0.4 is 5.32 Å². The van der Waals surface area contributed by atoms with Crippen molar-refractivity contribution in [3.05, 3.63) is 23.4 Å². The zero-order chi connectivity index (χ0) is 20.5. The van der Waals surface area contributed by atoms with Gasteiger partial charge in [0.15, 0.2) is 5.78 Å². The number of allylic oxidation sites excluding steroid dienone is 3.